The minimum Gasteiger partial charge on any atom is -0.465 e. The molecule has 0 amide bonds. The zero-order valence-corrected chi connectivity index (χ0v) is 15.1. The van der Waals surface area contributed by atoms with Crippen LogP contribution in [-0.2, 0) is 10.9 Å². The number of esters is 1. The molecule has 0 aliphatic heterocycles. The van der Waals surface area contributed by atoms with Crippen molar-refractivity contribution in [2.24, 2.45) is 0 Å². The van der Waals surface area contributed by atoms with Gasteiger partial charge in [0.15, 0.2) is 0 Å². The first-order chi connectivity index (χ1) is 12.7. The summed E-state index contributed by atoms with van der Waals surface area (Å²) in [4.78, 5) is 12.3. The van der Waals surface area contributed by atoms with Crippen molar-refractivity contribution in [1.82, 2.24) is 4.57 Å². The van der Waals surface area contributed by atoms with Gasteiger partial charge in [-0.15, -0.1) is 0 Å². The van der Waals surface area contributed by atoms with Crippen molar-refractivity contribution in [3.63, 3.8) is 0 Å². The van der Waals surface area contributed by atoms with Crippen LogP contribution in [0.25, 0.3) is 16.8 Å². The average molecular weight is 373 g/mol. The third-order valence-electron chi connectivity index (χ3n) is 4.37. The van der Waals surface area contributed by atoms with Crippen molar-refractivity contribution in [2.75, 3.05) is 7.11 Å². The third kappa shape index (κ3) is 3.47. The summed E-state index contributed by atoms with van der Waals surface area (Å²) in [6.45, 7) is 3.54. The van der Waals surface area contributed by atoms with E-state index < -0.39 is 23.4 Å². The Balaban J connectivity index is 2.42. The predicted molar refractivity (Wildman–Crippen MR) is 97.0 cm³/mol. The topological polar surface area (TPSA) is 31.2 Å². The number of ether oxygens (including phenoxy) is 1. The van der Waals surface area contributed by atoms with Crippen molar-refractivity contribution < 1.29 is 22.7 Å². The van der Waals surface area contributed by atoms with E-state index in [-0.39, 0.29) is 5.56 Å². The fourth-order valence-electron chi connectivity index (χ4n) is 3.10. The number of halogens is 3. The van der Waals surface area contributed by atoms with Crippen molar-refractivity contribution in [1.29, 1.82) is 0 Å². The van der Waals surface area contributed by atoms with E-state index in [9.17, 15) is 18.0 Å². The third-order valence-corrected chi connectivity index (χ3v) is 4.37. The molecule has 1 heterocycles. The number of methoxy groups -OCH3 is 1. The SMILES string of the molecule is COC(=O)c1c(-c2ccccc2)cn(-c2cc(C)ccc2C)c1C(F)(F)F. The first-order valence-corrected chi connectivity index (χ1v) is 8.28. The van der Waals surface area contributed by atoms with Gasteiger partial charge < -0.3 is 9.30 Å². The lowest BCUT2D eigenvalue weighted by molar-refractivity contribution is -0.142. The molecule has 140 valence electrons. The van der Waals surface area contributed by atoms with Crippen LogP contribution in [0.1, 0.15) is 27.2 Å². The molecule has 27 heavy (non-hydrogen) atoms. The Morgan fingerprint density at radius 2 is 1.70 bits per heavy atom. The van der Waals surface area contributed by atoms with Gasteiger partial charge in [-0.2, -0.15) is 13.2 Å². The number of carbonyl (C=O) groups excluding carboxylic acids is 1. The second kappa shape index (κ2) is 6.95. The molecule has 0 radical (unpaired) electrons. The van der Waals surface area contributed by atoms with E-state index in [4.69, 9.17) is 0 Å². The summed E-state index contributed by atoms with van der Waals surface area (Å²) in [5.41, 5.74) is 1.01. The Hall–Kier alpha value is -3.02. The highest BCUT2D eigenvalue weighted by Crippen LogP contribution is 2.41. The van der Waals surface area contributed by atoms with Crippen LogP contribution in [0.2, 0.25) is 0 Å². The average Bonchev–Trinajstić information content (AvgIpc) is 3.04. The number of hydrogen-bond acceptors (Lipinski definition) is 2. The molecule has 0 aliphatic carbocycles. The van der Waals surface area contributed by atoms with E-state index in [0.29, 0.717) is 16.8 Å². The van der Waals surface area contributed by atoms with E-state index in [1.54, 1.807) is 56.3 Å². The van der Waals surface area contributed by atoms with Gasteiger partial charge in [-0.25, -0.2) is 4.79 Å². The lowest BCUT2D eigenvalue weighted by Crippen LogP contribution is -2.18. The van der Waals surface area contributed by atoms with Gasteiger partial charge in [-0.05, 0) is 36.6 Å². The van der Waals surface area contributed by atoms with Crippen LogP contribution < -0.4 is 0 Å². The molecule has 0 spiro atoms. The van der Waals surface area contributed by atoms with Crippen LogP contribution >= 0.6 is 0 Å². The van der Waals surface area contributed by atoms with Crippen LogP contribution in [0, 0.1) is 13.8 Å². The zero-order chi connectivity index (χ0) is 19.8. The predicted octanol–water partition coefficient (Wildman–Crippen LogP) is 5.57. The van der Waals surface area contributed by atoms with Crippen molar-refractivity contribution in [3.8, 4) is 16.8 Å². The van der Waals surface area contributed by atoms with Gasteiger partial charge in [0.1, 0.15) is 5.69 Å². The standard InChI is InChI=1S/C21H18F3NO2/c1-13-9-10-14(2)17(11-13)25-12-16(15-7-5-4-6-8-15)18(20(26)27-3)19(25)21(22,23)24/h4-12H,1-3H3. The molecule has 0 unspecified atom stereocenters. The molecule has 3 nitrogen and oxygen atoms in total. The summed E-state index contributed by atoms with van der Waals surface area (Å²) in [7, 11) is 1.08. The second-order valence-corrected chi connectivity index (χ2v) is 6.28. The smallest absolute Gasteiger partial charge is 0.432 e. The molecule has 1 aromatic heterocycles. The van der Waals surface area contributed by atoms with E-state index in [1.165, 1.54) is 6.20 Å². The molecule has 0 saturated heterocycles. The van der Waals surface area contributed by atoms with Crippen LogP contribution in [0.5, 0.6) is 0 Å². The van der Waals surface area contributed by atoms with Crippen LogP contribution in [0.15, 0.2) is 54.7 Å². The van der Waals surface area contributed by atoms with Crippen LogP contribution in [-0.4, -0.2) is 17.6 Å². The summed E-state index contributed by atoms with van der Waals surface area (Å²) in [5.74, 6) is -1.02. The number of benzene rings is 2. The molecule has 6 heteroatoms. The number of alkyl halides is 3. The Bertz CT molecular complexity index is 989. The minimum atomic E-state index is -4.74. The van der Waals surface area contributed by atoms with Crippen LogP contribution in [0.3, 0.4) is 0 Å². The largest absolute Gasteiger partial charge is 0.465 e. The van der Waals surface area contributed by atoms with Crippen LogP contribution in [0.4, 0.5) is 13.2 Å². The highest BCUT2D eigenvalue weighted by atomic mass is 19.4. The molecular weight excluding hydrogens is 355 g/mol. The summed E-state index contributed by atoms with van der Waals surface area (Å²) in [6.07, 6.45) is -3.39. The zero-order valence-electron chi connectivity index (χ0n) is 15.1. The first kappa shape index (κ1) is 18.8. The molecule has 0 aliphatic rings. The number of rotatable bonds is 3. The quantitative estimate of drug-likeness (QED) is 0.562. The molecular formula is C21H18F3NO2. The minimum absolute atomic E-state index is 0.177. The summed E-state index contributed by atoms with van der Waals surface area (Å²) < 4.78 is 47.8. The molecule has 0 atom stereocenters. The van der Waals surface area contributed by atoms with Gasteiger partial charge >= 0.3 is 12.1 Å². The molecule has 2 aromatic carbocycles. The van der Waals surface area contributed by atoms with Gasteiger partial charge in [-0.1, -0.05) is 42.5 Å². The fraction of sp³-hybridized carbons (Fsp3) is 0.190. The number of hydrogen-bond donors (Lipinski definition) is 0. The van der Waals surface area contributed by atoms with E-state index in [0.717, 1.165) is 17.2 Å². The first-order valence-electron chi connectivity index (χ1n) is 8.28. The van der Waals surface area contributed by atoms with Crippen molar-refractivity contribution >= 4 is 5.97 Å². The number of carbonyl (C=O) groups is 1. The monoisotopic (exact) mass is 373 g/mol. The van der Waals surface area contributed by atoms with Gasteiger partial charge in [0.05, 0.1) is 12.7 Å². The van der Waals surface area contributed by atoms with Gasteiger partial charge in [0, 0.05) is 17.4 Å². The second-order valence-electron chi connectivity index (χ2n) is 6.28. The van der Waals surface area contributed by atoms with E-state index in [1.807, 2.05) is 6.07 Å². The normalized spacial score (nSPS) is 11.5. The Morgan fingerprint density at radius 3 is 2.30 bits per heavy atom. The highest BCUT2D eigenvalue weighted by molar-refractivity contribution is 5.99. The maximum absolute atomic E-state index is 14.0. The Labute approximate surface area is 155 Å². The maximum Gasteiger partial charge on any atom is 0.432 e. The maximum atomic E-state index is 14.0. The van der Waals surface area contributed by atoms with Crippen molar-refractivity contribution in [2.45, 2.75) is 20.0 Å². The summed E-state index contributed by atoms with van der Waals surface area (Å²) in [5, 5.41) is 0. The fourth-order valence-corrected chi connectivity index (χ4v) is 3.10. The molecule has 3 aromatic rings. The Morgan fingerprint density at radius 1 is 1.04 bits per heavy atom. The van der Waals surface area contributed by atoms with Crippen molar-refractivity contribution in [3.05, 3.63) is 77.1 Å². The van der Waals surface area contributed by atoms with E-state index >= 15 is 0 Å². The summed E-state index contributed by atoms with van der Waals surface area (Å²) in [6, 6.07) is 13.7. The highest BCUT2D eigenvalue weighted by Gasteiger charge is 2.42. The lowest BCUT2D eigenvalue weighted by atomic mass is 10.0. The number of aryl methyl sites for hydroxylation is 2. The van der Waals surface area contributed by atoms with Gasteiger partial charge in [0.25, 0.3) is 0 Å². The molecule has 0 saturated carbocycles. The number of aromatic nitrogens is 1. The van der Waals surface area contributed by atoms with Gasteiger partial charge in [0.2, 0.25) is 0 Å². The van der Waals surface area contributed by atoms with Gasteiger partial charge in [-0.3, -0.25) is 0 Å². The molecule has 3 rings (SSSR count). The summed E-state index contributed by atoms with van der Waals surface area (Å²) >= 11 is 0. The Kier molecular flexibility index (Phi) is 4.83. The molecule has 0 N–H and O–H groups in total. The molecule has 0 bridgehead atoms. The van der Waals surface area contributed by atoms with E-state index in [2.05, 4.69) is 4.74 Å². The lowest BCUT2D eigenvalue weighted by Gasteiger charge is -2.16. The molecule has 0 fully saturated rings. The number of nitrogens with zero attached hydrogens (tertiary/aromatic N) is 1.